The number of amides is 2. The maximum Gasteiger partial charge on any atom is 0.411 e. The fourth-order valence-electron chi connectivity index (χ4n) is 4.04. The average molecular weight is 513 g/mol. The van der Waals surface area contributed by atoms with E-state index in [0.29, 0.717) is 12.2 Å². The number of nitrogens with zero attached hydrogens (tertiary/aromatic N) is 1. The van der Waals surface area contributed by atoms with Gasteiger partial charge in [-0.2, -0.15) is 0 Å². The quantitative estimate of drug-likeness (QED) is 0.513. The highest BCUT2D eigenvalue weighted by molar-refractivity contribution is 5.73. The van der Waals surface area contributed by atoms with E-state index >= 15 is 0 Å². The number of aromatic hydroxyl groups is 1. The van der Waals surface area contributed by atoms with Gasteiger partial charge >= 0.3 is 6.09 Å². The van der Waals surface area contributed by atoms with Crippen molar-refractivity contribution in [1.82, 2.24) is 10.2 Å². The molecule has 1 heterocycles. The van der Waals surface area contributed by atoms with E-state index in [0.717, 1.165) is 6.07 Å². The summed E-state index contributed by atoms with van der Waals surface area (Å²) in [6.07, 6.45) is -2.71. The third-order valence-electron chi connectivity index (χ3n) is 5.50. The highest BCUT2D eigenvalue weighted by Crippen LogP contribution is 2.28. The summed E-state index contributed by atoms with van der Waals surface area (Å²) in [5.74, 6) is -1.34. The zero-order valence-corrected chi connectivity index (χ0v) is 22.5. The van der Waals surface area contributed by atoms with E-state index in [1.807, 2.05) is 20.8 Å². The number of ether oxygens (including phenoxy) is 3. The Morgan fingerprint density at radius 2 is 1.86 bits per heavy atom. The first-order valence-corrected chi connectivity index (χ1v) is 12.1. The maximum absolute atomic E-state index is 13.9. The highest BCUT2D eigenvalue weighted by atomic mass is 19.1. The normalized spacial score (nSPS) is 22.6. The Bertz CT molecular complexity index is 892. The lowest BCUT2D eigenvalue weighted by Gasteiger charge is -2.47. The van der Waals surface area contributed by atoms with E-state index < -0.39 is 53.9 Å². The number of halogens is 1. The van der Waals surface area contributed by atoms with Gasteiger partial charge in [0.2, 0.25) is 5.91 Å². The van der Waals surface area contributed by atoms with Crippen LogP contribution < -0.4 is 5.32 Å². The Hall–Kier alpha value is -2.43. The van der Waals surface area contributed by atoms with E-state index in [4.69, 9.17) is 14.2 Å². The third kappa shape index (κ3) is 8.90. The van der Waals surface area contributed by atoms with E-state index in [1.54, 1.807) is 27.7 Å². The van der Waals surface area contributed by atoms with Crippen molar-refractivity contribution in [3.8, 4) is 5.75 Å². The van der Waals surface area contributed by atoms with Crippen LogP contribution in [0.2, 0.25) is 0 Å². The first kappa shape index (κ1) is 29.8. The first-order valence-electron chi connectivity index (χ1n) is 12.1. The molecule has 1 fully saturated rings. The predicted molar refractivity (Wildman–Crippen MR) is 132 cm³/mol. The molecule has 0 aromatic heterocycles. The number of morpholine rings is 1. The van der Waals surface area contributed by atoms with Crippen LogP contribution in [0.1, 0.15) is 61.0 Å². The summed E-state index contributed by atoms with van der Waals surface area (Å²) >= 11 is 0. The molecule has 0 radical (unpaired) electrons. The second kappa shape index (κ2) is 11.7. The molecule has 5 atom stereocenters. The molecule has 0 aliphatic carbocycles. The number of hydrogen-bond donors (Lipinski definition) is 3. The predicted octanol–water partition coefficient (Wildman–Crippen LogP) is 3.35. The topological polar surface area (TPSA) is 118 Å². The number of carbonyl (C=O) groups excluding carboxylic acids is 2. The Kier molecular flexibility index (Phi) is 9.72. The summed E-state index contributed by atoms with van der Waals surface area (Å²) < 4.78 is 31.4. The fourth-order valence-corrected chi connectivity index (χ4v) is 4.04. The van der Waals surface area contributed by atoms with Gasteiger partial charge in [-0.05, 0) is 57.2 Å². The summed E-state index contributed by atoms with van der Waals surface area (Å²) in [7, 11) is 0. The molecule has 1 aliphatic rings. The number of nitrogens with one attached hydrogen (secondary N) is 1. The van der Waals surface area contributed by atoms with Gasteiger partial charge in [-0.3, -0.25) is 9.69 Å². The molecular formula is C26H41FN2O7. The largest absolute Gasteiger partial charge is 0.508 e. The molecule has 36 heavy (non-hydrogen) atoms. The van der Waals surface area contributed by atoms with Crippen molar-refractivity contribution in [3.63, 3.8) is 0 Å². The molecule has 1 saturated heterocycles. The standard InChI is InChI=1S/C26H41FN2O7/c1-15-23(35-14-25(3,4)5)34-13-21(29(15)24(33)36-26(6,7)8)22(32)20(28-16(2)30)11-17-9-18(27)12-19(31)10-17/h9-10,12,15,20-23,31-32H,11,13-14H2,1-8H3,(H,28,30)/t15-,20-,21+,22-,23-/m0/s1. The van der Waals surface area contributed by atoms with Gasteiger partial charge in [0.1, 0.15) is 17.2 Å². The molecule has 0 spiro atoms. The number of phenols is 1. The number of phenolic OH excluding ortho intramolecular Hbond substituents is 1. The van der Waals surface area contributed by atoms with E-state index in [-0.39, 0.29) is 24.2 Å². The van der Waals surface area contributed by atoms with Crippen molar-refractivity contribution in [3.05, 3.63) is 29.6 Å². The lowest BCUT2D eigenvalue weighted by Crippen LogP contribution is -2.66. The summed E-state index contributed by atoms with van der Waals surface area (Å²) in [4.78, 5) is 26.6. The molecule has 2 amide bonds. The highest BCUT2D eigenvalue weighted by Gasteiger charge is 2.46. The molecule has 0 saturated carbocycles. The van der Waals surface area contributed by atoms with Crippen molar-refractivity contribution in [1.29, 1.82) is 0 Å². The second-order valence-electron chi connectivity index (χ2n) is 11.6. The number of benzene rings is 1. The molecule has 0 bridgehead atoms. The lowest BCUT2D eigenvalue weighted by molar-refractivity contribution is -0.233. The fraction of sp³-hybridized carbons (Fsp3) is 0.692. The van der Waals surface area contributed by atoms with Crippen LogP contribution >= 0.6 is 0 Å². The second-order valence-corrected chi connectivity index (χ2v) is 11.6. The Morgan fingerprint density at radius 1 is 1.22 bits per heavy atom. The minimum atomic E-state index is -1.31. The third-order valence-corrected chi connectivity index (χ3v) is 5.50. The van der Waals surface area contributed by atoms with Gasteiger partial charge in [-0.15, -0.1) is 0 Å². The lowest BCUT2D eigenvalue weighted by atomic mass is 9.93. The van der Waals surface area contributed by atoms with Crippen LogP contribution in [0.15, 0.2) is 18.2 Å². The van der Waals surface area contributed by atoms with Crippen molar-refractivity contribution in [2.75, 3.05) is 13.2 Å². The Labute approximate surface area is 212 Å². The van der Waals surface area contributed by atoms with Crippen molar-refractivity contribution >= 4 is 12.0 Å². The van der Waals surface area contributed by atoms with Crippen LogP contribution in [-0.4, -0.2) is 76.4 Å². The van der Waals surface area contributed by atoms with Gasteiger partial charge in [0.25, 0.3) is 0 Å². The number of carbonyl (C=O) groups is 2. The van der Waals surface area contributed by atoms with Crippen LogP contribution in [0.25, 0.3) is 0 Å². The van der Waals surface area contributed by atoms with Gasteiger partial charge in [0.15, 0.2) is 6.29 Å². The molecule has 1 aromatic rings. The van der Waals surface area contributed by atoms with Crippen molar-refractivity contribution < 1.29 is 38.4 Å². The smallest absolute Gasteiger partial charge is 0.411 e. The molecule has 0 unspecified atom stereocenters. The molecule has 1 aromatic carbocycles. The minimum Gasteiger partial charge on any atom is -0.508 e. The van der Waals surface area contributed by atoms with Gasteiger partial charge in [0, 0.05) is 13.0 Å². The van der Waals surface area contributed by atoms with Crippen LogP contribution in [0, 0.1) is 11.2 Å². The maximum atomic E-state index is 13.9. The summed E-state index contributed by atoms with van der Waals surface area (Å²) in [6.45, 7) is 14.6. The molecule has 3 N–H and O–H groups in total. The van der Waals surface area contributed by atoms with E-state index in [2.05, 4.69) is 5.32 Å². The Morgan fingerprint density at radius 3 is 2.39 bits per heavy atom. The SMILES string of the molecule is CC(=O)N[C@@H](Cc1cc(O)cc(F)c1)[C@H](O)[C@H]1CO[C@@H](OCC(C)(C)C)[C@H](C)N1C(=O)OC(C)(C)C. The summed E-state index contributed by atoms with van der Waals surface area (Å²) in [5, 5.41) is 23.9. The molecule has 204 valence electrons. The molecule has 9 nitrogen and oxygen atoms in total. The summed E-state index contributed by atoms with van der Waals surface area (Å²) in [5.41, 5.74) is -0.559. The number of hydrogen-bond acceptors (Lipinski definition) is 7. The first-order chi connectivity index (χ1) is 16.5. The van der Waals surface area contributed by atoms with Crippen LogP contribution in [0.4, 0.5) is 9.18 Å². The van der Waals surface area contributed by atoms with Gasteiger partial charge in [-0.1, -0.05) is 20.8 Å². The van der Waals surface area contributed by atoms with Gasteiger partial charge in [0.05, 0.1) is 37.4 Å². The van der Waals surface area contributed by atoms with Crippen molar-refractivity contribution in [2.45, 2.75) is 97.9 Å². The minimum absolute atomic E-state index is 0.00303. The monoisotopic (exact) mass is 512 g/mol. The van der Waals surface area contributed by atoms with Gasteiger partial charge < -0.3 is 29.7 Å². The zero-order chi connectivity index (χ0) is 27.4. The average Bonchev–Trinajstić information content (AvgIpc) is 2.68. The molecule has 2 rings (SSSR count). The molecule has 1 aliphatic heterocycles. The van der Waals surface area contributed by atoms with Crippen LogP contribution in [-0.2, 0) is 25.4 Å². The van der Waals surface area contributed by atoms with Crippen molar-refractivity contribution in [2.24, 2.45) is 5.41 Å². The van der Waals surface area contributed by atoms with E-state index in [9.17, 15) is 24.2 Å². The van der Waals surface area contributed by atoms with Crippen LogP contribution in [0.3, 0.4) is 0 Å². The van der Waals surface area contributed by atoms with E-state index in [1.165, 1.54) is 24.0 Å². The number of aliphatic hydroxyl groups excluding tert-OH is 1. The summed E-state index contributed by atoms with van der Waals surface area (Å²) in [6, 6.07) is 1.10. The Balaban J connectivity index is 2.36. The molecular weight excluding hydrogens is 471 g/mol. The van der Waals surface area contributed by atoms with Gasteiger partial charge in [-0.25, -0.2) is 9.18 Å². The number of aliphatic hydroxyl groups is 1. The number of rotatable bonds is 7. The zero-order valence-electron chi connectivity index (χ0n) is 22.5. The molecule has 10 heteroatoms. The van der Waals surface area contributed by atoms with Crippen LogP contribution in [0.5, 0.6) is 5.75 Å².